The Morgan fingerprint density at radius 2 is 1.71 bits per heavy atom. The van der Waals surface area contributed by atoms with Crippen LogP contribution in [0.2, 0.25) is 0 Å². The largest absolute Gasteiger partial charge is 0.344 e. The molecule has 0 radical (unpaired) electrons. The van der Waals surface area contributed by atoms with Crippen molar-refractivity contribution in [3.8, 4) is 0 Å². The van der Waals surface area contributed by atoms with Gasteiger partial charge in [-0.3, -0.25) is 4.79 Å². The Labute approximate surface area is 171 Å². The Morgan fingerprint density at radius 1 is 0.964 bits per heavy atom. The third-order valence-corrected chi connectivity index (χ3v) is 4.91. The normalized spacial score (nSPS) is 10.6. The fourth-order valence-electron chi connectivity index (χ4n) is 3.03. The van der Waals surface area contributed by atoms with Gasteiger partial charge in [0.25, 0.3) is 5.91 Å². The van der Waals surface area contributed by atoms with Crippen molar-refractivity contribution in [2.24, 2.45) is 0 Å². The van der Waals surface area contributed by atoms with E-state index in [1.807, 2.05) is 72.6 Å². The van der Waals surface area contributed by atoms with Gasteiger partial charge in [0.1, 0.15) is 10.4 Å². The van der Waals surface area contributed by atoms with E-state index in [2.05, 4.69) is 31.2 Å². The summed E-state index contributed by atoms with van der Waals surface area (Å²) in [6.07, 6.45) is 3.48. The fourth-order valence-corrected chi connectivity index (χ4v) is 3.39. The van der Waals surface area contributed by atoms with Crippen molar-refractivity contribution in [3.63, 3.8) is 0 Å². The maximum Gasteiger partial charge on any atom is 0.258 e. The van der Waals surface area contributed by atoms with Gasteiger partial charge < -0.3 is 10.2 Å². The minimum Gasteiger partial charge on any atom is -0.344 e. The molecule has 0 aliphatic heterocycles. The summed E-state index contributed by atoms with van der Waals surface area (Å²) < 4.78 is 0.735. The number of nitrogens with one attached hydrogen (secondary N) is 1. The molecule has 0 atom stereocenters. The molecule has 2 aromatic heterocycles. The Bertz CT molecular complexity index is 1160. The van der Waals surface area contributed by atoms with E-state index in [4.69, 9.17) is 0 Å². The van der Waals surface area contributed by atoms with Crippen LogP contribution < -0.4 is 10.2 Å². The number of pyridine rings is 2. The molecule has 0 saturated carbocycles. The summed E-state index contributed by atoms with van der Waals surface area (Å²) in [4.78, 5) is 23.4. The molecule has 0 saturated heterocycles. The maximum absolute atomic E-state index is 13.0. The highest BCUT2D eigenvalue weighted by molar-refractivity contribution is 9.10. The van der Waals surface area contributed by atoms with E-state index in [9.17, 15) is 4.79 Å². The van der Waals surface area contributed by atoms with Crippen molar-refractivity contribution < 1.29 is 4.79 Å². The van der Waals surface area contributed by atoms with Crippen LogP contribution in [0.3, 0.4) is 0 Å². The van der Waals surface area contributed by atoms with Crippen molar-refractivity contribution in [1.29, 1.82) is 0 Å². The van der Waals surface area contributed by atoms with Crippen molar-refractivity contribution in [3.05, 3.63) is 89.3 Å². The number of hydrogen-bond donors (Lipinski definition) is 1. The SMILES string of the molecule is CN(c1ccnc(Br)c1)c1ccccc1C(=O)Nc1cc2ccccc2cn1. The lowest BCUT2D eigenvalue weighted by atomic mass is 10.1. The number of benzene rings is 2. The molecule has 138 valence electrons. The highest BCUT2D eigenvalue weighted by Gasteiger charge is 2.16. The lowest BCUT2D eigenvalue weighted by Crippen LogP contribution is -2.19. The number of amides is 1. The van der Waals surface area contributed by atoms with Crippen LogP contribution in [0.1, 0.15) is 10.4 Å². The molecular weight excluding hydrogens is 416 g/mol. The number of nitrogens with zero attached hydrogens (tertiary/aromatic N) is 3. The summed E-state index contributed by atoms with van der Waals surface area (Å²) in [6.45, 7) is 0. The lowest BCUT2D eigenvalue weighted by Gasteiger charge is -2.22. The van der Waals surface area contributed by atoms with Gasteiger partial charge in [-0.25, -0.2) is 9.97 Å². The lowest BCUT2D eigenvalue weighted by molar-refractivity contribution is 0.102. The number of para-hydroxylation sites is 1. The minimum atomic E-state index is -0.210. The molecule has 0 bridgehead atoms. The number of anilines is 3. The average Bonchev–Trinajstić information content (AvgIpc) is 2.73. The van der Waals surface area contributed by atoms with Gasteiger partial charge in [-0.05, 0) is 51.6 Å². The Hall–Kier alpha value is -3.25. The summed E-state index contributed by atoms with van der Waals surface area (Å²) in [6, 6.07) is 21.1. The molecule has 4 aromatic rings. The number of carbonyl (C=O) groups is 1. The van der Waals surface area contributed by atoms with Crippen molar-refractivity contribution in [1.82, 2.24) is 9.97 Å². The van der Waals surface area contributed by atoms with Gasteiger partial charge in [-0.15, -0.1) is 0 Å². The molecule has 0 unspecified atom stereocenters. The molecule has 28 heavy (non-hydrogen) atoms. The number of carbonyl (C=O) groups excluding carboxylic acids is 1. The highest BCUT2D eigenvalue weighted by Crippen LogP contribution is 2.28. The van der Waals surface area contributed by atoms with Crippen molar-refractivity contribution >= 4 is 49.8 Å². The van der Waals surface area contributed by atoms with E-state index in [-0.39, 0.29) is 5.91 Å². The second-order valence-electron chi connectivity index (χ2n) is 6.28. The molecule has 1 N–H and O–H groups in total. The summed E-state index contributed by atoms with van der Waals surface area (Å²) >= 11 is 3.39. The first-order valence-corrected chi connectivity index (χ1v) is 9.51. The number of halogens is 1. The number of aromatic nitrogens is 2. The summed E-state index contributed by atoms with van der Waals surface area (Å²) in [5, 5.41) is 4.97. The number of fused-ring (bicyclic) bond motifs is 1. The molecular formula is C22H17BrN4O. The van der Waals surface area contributed by atoms with Crippen LogP contribution in [0.15, 0.2) is 83.7 Å². The molecule has 0 aliphatic carbocycles. The standard InChI is InChI=1S/C22H17BrN4O/c1-27(17-10-11-24-20(23)13-17)19-9-5-4-8-18(19)22(28)26-21-12-15-6-2-3-7-16(15)14-25-21/h2-14H,1H3,(H,25,26,28). The van der Waals surface area contributed by atoms with E-state index < -0.39 is 0 Å². The zero-order valence-electron chi connectivity index (χ0n) is 15.1. The minimum absolute atomic E-state index is 0.210. The fraction of sp³-hybridized carbons (Fsp3) is 0.0455. The quantitative estimate of drug-likeness (QED) is 0.437. The van der Waals surface area contributed by atoms with Crippen LogP contribution >= 0.6 is 15.9 Å². The third-order valence-electron chi connectivity index (χ3n) is 4.48. The summed E-state index contributed by atoms with van der Waals surface area (Å²) in [7, 11) is 1.92. The molecule has 0 fully saturated rings. The monoisotopic (exact) mass is 432 g/mol. The smallest absolute Gasteiger partial charge is 0.258 e. The van der Waals surface area contributed by atoms with Gasteiger partial charge in [-0.2, -0.15) is 0 Å². The summed E-state index contributed by atoms with van der Waals surface area (Å²) in [5.41, 5.74) is 2.28. The highest BCUT2D eigenvalue weighted by atomic mass is 79.9. The van der Waals surface area contributed by atoms with Crippen molar-refractivity contribution in [2.45, 2.75) is 0 Å². The van der Waals surface area contributed by atoms with E-state index in [0.717, 1.165) is 26.8 Å². The summed E-state index contributed by atoms with van der Waals surface area (Å²) in [5.74, 6) is 0.311. The van der Waals surface area contributed by atoms with Crippen LogP contribution in [-0.4, -0.2) is 22.9 Å². The molecule has 1 amide bonds. The van der Waals surface area contributed by atoms with E-state index in [0.29, 0.717) is 11.4 Å². The van der Waals surface area contributed by atoms with Crippen LogP contribution in [0.25, 0.3) is 10.8 Å². The Kier molecular flexibility index (Phi) is 5.04. The van der Waals surface area contributed by atoms with E-state index in [1.54, 1.807) is 18.5 Å². The molecule has 2 aromatic carbocycles. The molecule has 4 rings (SSSR count). The molecule has 2 heterocycles. The predicted molar refractivity (Wildman–Crippen MR) is 116 cm³/mol. The zero-order valence-corrected chi connectivity index (χ0v) is 16.7. The van der Waals surface area contributed by atoms with Gasteiger partial charge in [0.05, 0.1) is 11.3 Å². The zero-order chi connectivity index (χ0) is 19.5. The van der Waals surface area contributed by atoms with E-state index >= 15 is 0 Å². The Balaban J connectivity index is 1.64. The molecule has 0 spiro atoms. The Morgan fingerprint density at radius 3 is 2.54 bits per heavy atom. The second-order valence-corrected chi connectivity index (χ2v) is 7.10. The molecule has 0 aliphatic rings. The van der Waals surface area contributed by atoms with Gasteiger partial charge in [0.15, 0.2) is 0 Å². The number of hydrogen-bond acceptors (Lipinski definition) is 4. The third kappa shape index (κ3) is 3.73. The van der Waals surface area contributed by atoms with Gasteiger partial charge in [-0.1, -0.05) is 36.4 Å². The van der Waals surface area contributed by atoms with Crippen molar-refractivity contribution in [2.75, 3.05) is 17.3 Å². The molecule has 6 heteroatoms. The van der Waals surface area contributed by atoms with Crippen LogP contribution in [-0.2, 0) is 0 Å². The van der Waals surface area contributed by atoms with Gasteiger partial charge >= 0.3 is 0 Å². The van der Waals surface area contributed by atoms with Gasteiger partial charge in [0.2, 0.25) is 0 Å². The van der Waals surface area contributed by atoms with Crippen LogP contribution in [0, 0.1) is 0 Å². The van der Waals surface area contributed by atoms with Crippen LogP contribution in [0.4, 0.5) is 17.2 Å². The predicted octanol–water partition coefficient (Wildman–Crippen LogP) is 5.41. The first kappa shape index (κ1) is 18.1. The first-order chi connectivity index (χ1) is 13.6. The van der Waals surface area contributed by atoms with E-state index in [1.165, 1.54) is 0 Å². The first-order valence-electron chi connectivity index (χ1n) is 8.72. The topological polar surface area (TPSA) is 58.1 Å². The number of rotatable bonds is 4. The van der Waals surface area contributed by atoms with Crippen LogP contribution in [0.5, 0.6) is 0 Å². The molecule has 5 nitrogen and oxygen atoms in total. The maximum atomic E-state index is 13.0. The van der Waals surface area contributed by atoms with Gasteiger partial charge in [0, 0.05) is 30.5 Å². The second kappa shape index (κ2) is 7.78. The average molecular weight is 433 g/mol.